The number of nitriles is 2. The standard InChI is InChI=1S/C42H24N2/c43-25-27-7-5-11-31(21-27)33-17-19-37-39(23-33)40-24-34(32-12-6-8-28(22-32)26-44)18-20-38(40)42(37)41-35-13-3-1-9-29(35)15-16-30-10-2-4-14-36(30)41/h1-24H. The van der Waals surface area contributed by atoms with Gasteiger partial charge < -0.3 is 0 Å². The minimum Gasteiger partial charge on any atom is -0.192 e. The van der Waals surface area contributed by atoms with Gasteiger partial charge in [0.1, 0.15) is 0 Å². The number of hydrogen-bond acceptors (Lipinski definition) is 2. The molecule has 2 nitrogen and oxygen atoms in total. The summed E-state index contributed by atoms with van der Waals surface area (Å²) in [5, 5.41) is 19.1. The third-order valence-electron chi connectivity index (χ3n) is 8.67. The molecular weight excluding hydrogens is 532 g/mol. The smallest absolute Gasteiger partial charge is 0.0991 e. The van der Waals surface area contributed by atoms with Crippen molar-refractivity contribution in [2.45, 2.75) is 0 Å². The fourth-order valence-electron chi connectivity index (χ4n) is 6.61. The van der Waals surface area contributed by atoms with E-state index in [1.54, 1.807) is 0 Å². The molecule has 0 fully saturated rings. The summed E-state index contributed by atoms with van der Waals surface area (Å²) in [4.78, 5) is 0. The van der Waals surface area contributed by atoms with Gasteiger partial charge >= 0.3 is 0 Å². The Labute approximate surface area is 256 Å². The zero-order valence-electron chi connectivity index (χ0n) is 23.8. The third kappa shape index (κ3) is 4.10. The molecule has 6 aromatic rings. The second kappa shape index (κ2) is 10.2. The molecule has 0 heterocycles. The largest absolute Gasteiger partial charge is 0.192 e. The molecule has 0 saturated heterocycles. The lowest BCUT2D eigenvalue weighted by molar-refractivity contribution is 1.48. The molecule has 2 heteroatoms. The molecule has 0 unspecified atom stereocenters. The minimum absolute atomic E-state index is 0.644. The maximum Gasteiger partial charge on any atom is 0.0991 e. The lowest BCUT2D eigenvalue weighted by Crippen LogP contribution is -1.97. The number of benzene rings is 6. The van der Waals surface area contributed by atoms with Crippen molar-refractivity contribution in [3.05, 3.63) is 178 Å². The molecule has 0 spiro atoms. The highest BCUT2D eigenvalue weighted by Gasteiger charge is 2.30. The molecule has 0 radical (unpaired) electrons. The van der Waals surface area contributed by atoms with Crippen LogP contribution in [0.2, 0.25) is 0 Å². The van der Waals surface area contributed by atoms with Crippen molar-refractivity contribution in [2.24, 2.45) is 0 Å². The Morgan fingerprint density at radius 3 is 1.25 bits per heavy atom. The topological polar surface area (TPSA) is 47.6 Å². The van der Waals surface area contributed by atoms with Crippen LogP contribution in [0.4, 0.5) is 0 Å². The van der Waals surface area contributed by atoms with E-state index in [9.17, 15) is 10.5 Å². The summed E-state index contributed by atoms with van der Waals surface area (Å²) < 4.78 is 0. The van der Waals surface area contributed by atoms with Crippen LogP contribution in [0.25, 0.3) is 56.7 Å². The maximum atomic E-state index is 9.55. The molecule has 0 saturated carbocycles. The molecule has 0 atom stereocenters. The van der Waals surface area contributed by atoms with Crippen LogP contribution in [-0.4, -0.2) is 0 Å². The molecule has 202 valence electrons. The summed E-state index contributed by atoms with van der Waals surface area (Å²) in [5.74, 6) is 0. The van der Waals surface area contributed by atoms with Crippen molar-refractivity contribution in [1.29, 1.82) is 10.5 Å². The number of rotatable bonds is 2. The quantitative estimate of drug-likeness (QED) is 0.213. The molecule has 0 N–H and O–H groups in total. The van der Waals surface area contributed by atoms with Gasteiger partial charge in [-0.15, -0.1) is 0 Å². The SMILES string of the molecule is N#Cc1cccc(-c2ccc3c(c2)-c2cc(-c4cccc(C#N)c4)ccc2C3=C2c3ccccc3C=Cc3ccccc32)c1. The highest BCUT2D eigenvalue weighted by Crippen LogP contribution is 2.52. The summed E-state index contributed by atoms with van der Waals surface area (Å²) in [6.07, 6.45) is 4.43. The lowest BCUT2D eigenvalue weighted by atomic mass is 9.85. The molecule has 0 aliphatic heterocycles. The first kappa shape index (κ1) is 25.5. The Morgan fingerprint density at radius 1 is 0.341 bits per heavy atom. The van der Waals surface area contributed by atoms with Gasteiger partial charge in [-0.05, 0) is 114 Å². The van der Waals surface area contributed by atoms with Crippen molar-refractivity contribution < 1.29 is 0 Å². The molecule has 8 rings (SSSR count). The first-order chi connectivity index (χ1) is 21.7. The van der Waals surface area contributed by atoms with Crippen molar-refractivity contribution in [3.8, 4) is 45.5 Å². The van der Waals surface area contributed by atoms with Gasteiger partial charge in [0.25, 0.3) is 0 Å². The first-order valence-corrected chi connectivity index (χ1v) is 14.6. The van der Waals surface area contributed by atoms with Crippen molar-refractivity contribution in [2.75, 3.05) is 0 Å². The predicted molar refractivity (Wildman–Crippen MR) is 179 cm³/mol. The van der Waals surface area contributed by atoms with Crippen LogP contribution in [0, 0.1) is 22.7 Å². The van der Waals surface area contributed by atoms with E-state index in [4.69, 9.17) is 0 Å². The van der Waals surface area contributed by atoms with Crippen molar-refractivity contribution in [3.63, 3.8) is 0 Å². The monoisotopic (exact) mass is 556 g/mol. The lowest BCUT2D eigenvalue weighted by Gasteiger charge is -2.17. The Hall–Kier alpha value is -6.22. The number of hydrogen-bond donors (Lipinski definition) is 0. The molecule has 0 bridgehead atoms. The molecular formula is C42H24N2. The summed E-state index contributed by atoms with van der Waals surface area (Å²) in [6.45, 7) is 0. The van der Waals surface area contributed by atoms with Crippen LogP contribution in [0.5, 0.6) is 0 Å². The molecule has 2 aliphatic rings. The van der Waals surface area contributed by atoms with E-state index in [1.807, 2.05) is 36.4 Å². The maximum absolute atomic E-state index is 9.55. The Kier molecular flexibility index (Phi) is 5.94. The Balaban J connectivity index is 1.45. The van der Waals surface area contributed by atoms with Crippen molar-refractivity contribution >= 4 is 23.3 Å². The van der Waals surface area contributed by atoms with Crippen LogP contribution < -0.4 is 0 Å². The van der Waals surface area contributed by atoms with Crippen LogP contribution in [-0.2, 0) is 0 Å². The fraction of sp³-hybridized carbons (Fsp3) is 0. The minimum atomic E-state index is 0.644. The van der Waals surface area contributed by atoms with E-state index >= 15 is 0 Å². The average Bonchev–Trinajstić information content (AvgIpc) is 3.31. The van der Waals surface area contributed by atoms with E-state index < -0.39 is 0 Å². The normalized spacial score (nSPS) is 12.3. The molecule has 0 amide bonds. The van der Waals surface area contributed by atoms with E-state index in [0.29, 0.717) is 11.1 Å². The van der Waals surface area contributed by atoms with Gasteiger partial charge in [0.15, 0.2) is 0 Å². The van der Waals surface area contributed by atoms with Crippen LogP contribution in [0.3, 0.4) is 0 Å². The van der Waals surface area contributed by atoms with Gasteiger partial charge in [0, 0.05) is 0 Å². The highest BCUT2D eigenvalue weighted by atomic mass is 14.3. The van der Waals surface area contributed by atoms with Gasteiger partial charge in [-0.2, -0.15) is 10.5 Å². The second-order valence-electron chi connectivity index (χ2n) is 11.2. The van der Waals surface area contributed by atoms with Gasteiger partial charge in [0.05, 0.1) is 23.3 Å². The van der Waals surface area contributed by atoms with E-state index in [1.165, 1.54) is 44.5 Å². The zero-order valence-corrected chi connectivity index (χ0v) is 23.8. The summed E-state index contributed by atoms with van der Waals surface area (Å²) >= 11 is 0. The first-order valence-electron chi connectivity index (χ1n) is 14.6. The number of fused-ring (bicyclic) bond motifs is 5. The molecule has 6 aromatic carbocycles. The molecule has 0 aromatic heterocycles. The van der Waals surface area contributed by atoms with Gasteiger partial charge in [0.2, 0.25) is 0 Å². The van der Waals surface area contributed by atoms with Crippen LogP contribution in [0.1, 0.15) is 44.5 Å². The van der Waals surface area contributed by atoms with E-state index in [-0.39, 0.29) is 0 Å². The average molecular weight is 557 g/mol. The third-order valence-corrected chi connectivity index (χ3v) is 8.67. The number of nitrogens with zero attached hydrogens (tertiary/aromatic N) is 2. The van der Waals surface area contributed by atoms with Crippen LogP contribution >= 0.6 is 0 Å². The Bertz CT molecular complexity index is 2140. The van der Waals surface area contributed by atoms with Gasteiger partial charge in [-0.3, -0.25) is 0 Å². The molecule has 44 heavy (non-hydrogen) atoms. The van der Waals surface area contributed by atoms with Gasteiger partial charge in [-0.25, -0.2) is 0 Å². The summed E-state index contributed by atoms with van der Waals surface area (Å²) in [6, 6.07) is 50.8. The van der Waals surface area contributed by atoms with Crippen LogP contribution in [0.15, 0.2) is 133 Å². The Morgan fingerprint density at radius 2 is 0.773 bits per heavy atom. The second-order valence-corrected chi connectivity index (χ2v) is 11.2. The van der Waals surface area contributed by atoms with E-state index in [2.05, 4.69) is 121 Å². The zero-order chi connectivity index (χ0) is 29.6. The summed E-state index contributed by atoms with van der Waals surface area (Å²) in [7, 11) is 0. The van der Waals surface area contributed by atoms with Gasteiger partial charge in [-0.1, -0.05) is 109 Å². The highest BCUT2D eigenvalue weighted by molar-refractivity contribution is 6.16. The fourth-order valence-corrected chi connectivity index (χ4v) is 6.61. The van der Waals surface area contributed by atoms with Crippen molar-refractivity contribution in [1.82, 2.24) is 0 Å². The summed E-state index contributed by atoms with van der Waals surface area (Å²) in [5.41, 5.74) is 17.4. The van der Waals surface area contributed by atoms with E-state index in [0.717, 1.165) is 33.4 Å². The predicted octanol–water partition coefficient (Wildman–Crippen LogP) is 10.2. The molecule has 2 aliphatic carbocycles.